The Morgan fingerprint density at radius 3 is 2.73 bits per heavy atom. The van der Waals surface area contributed by atoms with Crippen LogP contribution in [0.4, 0.5) is 0 Å². The molecule has 0 bridgehead atoms. The molecule has 2 heterocycles. The fraction of sp³-hybridized carbons (Fsp3) is 0.706. The quantitative estimate of drug-likeness (QED) is 0.758. The van der Waals surface area contributed by atoms with Gasteiger partial charge in [-0.2, -0.15) is 0 Å². The van der Waals surface area contributed by atoms with Crippen molar-refractivity contribution in [1.29, 1.82) is 0 Å². The van der Waals surface area contributed by atoms with Crippen molar-refractivity contribution in [2.45, 2.75) is 65.0 Å². The third-order valence-corrected chi connectivity index (χ3v) is 3.92. The number of hydrogen-bond acceptors (Lipinski definition) is 4. The number of fused-ring (bicyclic) bond motifs is 1. The predicted molar refractivity (Wildman–Crippen MR) is 85.3 cm³/mol. The molecule has 1 aromatic heterocycles. The summed E-state index contributed by atoms with van der Waals surface area (Å²) in [4.78, 5) is 23.3. The minimum atomic E-state index is -0.0617. The van der Waals surface area contributed by atoms with Crippen LogP contribution in [-0.4, -0.2) is 34.5 Å². The number of methoxy groups -OCH3 is 1. The summed E-state index contributed by atoms with van der Waals surface area (Å²) < 4.78 is 5.02. The minimum Gasteiger partial charge on any atom is -0.385 e. The maximum absolute atomic E-state index is 12.3. The molecule has 0 saturated heterocycles. The molecule has 1 aliphatic rings. The van der Waals surface area contributed by atoms with Crippen molar-refractivity contribution in [3.63, 3.8) is 0 Å². The van der Waals surface area contributed by atoms with E-state index in [-0.39, 0.29) is 11.3 Å². The highest BCUT2D eigenvalue weighted by atomic mass is 16.5. The van der Waals surface area contributed by atoms with Crippen molar-refractivity contribution in [1.82, 2.24) is 14.9 Å². The molecule has 0 radical (unpaired) electrons. The summed E-state index contributed by atoms with van der Waals surface area (Å²) in [5.74, 6) is 1.06. The van der Waals surface area contributed by atoms with Crippen LogP contribution in [0.15, 0.2) is 6.20 Å². The van der Waals surface area contributed by atoms with E-state index < -0.39 is 0 Å². The average molecular weight is 305 g/mol. The van der Waals surface area contributed by atoms with Gasteiger partial charge in [-0.1, -0.05) is 27.2 Å². The van der Waals surface area contributed by atoms with E-state index in [0.717, 1.165) is 43.0 Å². The summed E-state index contributed by atoms with van der Waals surface area (Å²) in [7, 11) is 1.71. The molecule has 2 rings (SSSR count). The van der Waals surface area contributed by atoms with Gasteiger partial charge in [-0.15, -0.1) is 0 Å². The van der Waals surface area contributed by atoms with E-state index in [0.29, 0.717) is 19.5 Å². The zero-order chi connectivity index (χ0) is 16.2. The van der Waals surface area contributed by atoms with Crippen LogP contribution < -0.4 is 0 Å². The molecule has 0 spiro atoms. The lowest BCUT2D eigenvalue weighted by Crippen LogP contribution is -2.25. The number of carbonyl (C=O) groups is 1. The van der Waals surface area contributed by atoms with Gasteiger partial charge in [-0.25, -0.2) is 9.97 Å². The Kier molecular flexibility index (Phi) is 5.51. The molecule has 0 aromatic carbocycles. The SMILES string of the molecule is COCCCCCC(=O)N1Cc2cnc(C(C)(C)C)nc2C1. The van der Waals surface area contributed by atoms with Gasteiger partial charge in [0.05, 0.1) is 12.2 Å². The molecule has 1 aliphatic heterocycles. The third kappa shape index (κ3) is 4.26. The second-order valence-corrected chi connectivity index (χ2v) is 6.97. The van der Waals surface area contributed by atoms with Crippen LogP contribution in [0.2, 0.25) is 0 Å². The molecular formula is C17H27N3O2. The fourth-order valence-electron chi connectivity index (χ4n) is 2.55. The maximum atomic E-state index is 12.3. The van der Waals surface area contributed by atoms with Crippen LogP contribution in [0.25, 0.3) is 0 Å². The van der Waals surface area contributed by atoms with Gasteiger partial charge in [0.1, 0.15) is 5.82 Å². The van der Waals surface area contributed by atoms with E-state index in [9.17, 15) is 4.79 Å². The van der Waals surface area contributed by atoms with Gasteiger partial charge >= 0.3 is 0 Å². The monoisotopic (exact) mass is 305 g/mol. The summed E-state index contributed by atoms with van der Waals surface area (Å²) in [5.41, 5.74) is 2.03. The van der Waals surface area contributed by atoms with Crippen molar-refractivity contribution in [3.05, 3.63) is 23.3 Å². The molecule has 0 aliphatic carbocycles. The van der Waals surface area contributed by atoms with Gasteiger partial charge in [0.15, 0.2) is 0 Å². The smallest absolute Gasteiger partial charge is 0.223 e. The molecule has 1 aromatic rings. The van der Waals surface area contributed by atoms with Crippen LogP contribution in [0.1, 0.15) is 63.5 Å². The number of carbonyl (C=O) groups excluding carboxylic acids is 1. The summed E-state index contributed by atoms with van der Waals surface area (Å²) >= 11 is 0. The fourth-order valence-corrected chi connectivity index (χ4v) is 2.55. The lowest BCUT2D eigenvalue weighted by Gasteiger charge is -2.16. The minimum absolute atomic E-state index is 0.0617. The number of nitrogens with zero attached hydrogens (tertiary/aromatic N) is 3. The van der Waals surface area contributed by atoms with E-state index in [2.05, 4.69) is 30.7 Å². The third-order valence-electron chi connectivity index (χ3n) is 3.92. The second kappa shape index (κ2) is 7.18. The largest absolute Gasteiger partial charge is 0.385 e. The Morgan fingerprint density at radius 2 is 2.05 bits per heavy atom. The molecule has 0 unspecified atom stereocenters. The molecule has 1 amide bonds. The van der Waals surface area contributed by atoms with Crippen molar-refractivity contribution in [2.24, 2.45) is 0 Å². The van der Waals surface area contributed by atoms with Gasteiger partial charge in [0, 0.05) is 43.9 Å². The zero-order valence-corrected chi connectivity index (χ0v) is 14.2. The number of unbranched alkanes of at least 4 members (excludes halogenated alkanes) is 2. The van der Waals surface area contributed by atoms with Crippen molar-refractivity contribution in [2.75, 3.05) is 13.7 Å². The number of aromatic nitrogens is 2. The van der Waals surface area contributed by atoms with E-state index in [4.69, 9.17) is 4.74 Å². The molecule has 0 atom stereocenters. The Morgan fingerprint density at radius 1 is 1.27 bits per heavy atom. The van der Waals surface area contributed by atoms with E-state index in [1.165, 1.54) is 0 Å². The van der Waals surface area contributed by atoms with Crippen LogP contribution in [0, 0.1) is 0 Å². The van der Waals surface area contributed by atoms with Crippen molar-refractivity contribution in [3.8, 4) is 0 Å². The molecule has 0 fully saturated rings. The summed E-state index contributed by atoms with van der Waals surface area (Å²) in [6.45, 7) is 8.36. The molecule has 22 heavy (non-hydrogen) atoms. The van der Waals surface area contributed by atoms with Gasteiger partial charge in [0.25, 0.3) is 0 Å². The molecular weight excluding hydrogens is 278 g/mol. The Bertz CT molecular complexity index is 523. The molecule has 5 heteroatoms. The second-order valence-electron chi connectivity index (χ2n) is 6.97. The first-order valence-electron chi connectivity index (χ1n) is 8.04. The standard InChI is InChI=1S/C17H27N3O2/c1-17(2,3)16-18-10-13-11-20(12-14(13)19-16)15(21)8-6-5-7-9-22-4/h10H,5-9,11-12H2,1-4H3. The first kappa shape index (κ1) is 16.9. The van der Waals surface area contributed by atoms with E-state index in [1.807, 2.05) is 11.1 Å². The molecule has 122 valence electrons. The number of ether oxygens (including phenoxy) is 1. The summed E-state index contributed by atoms with van der Waals surface area (Å²) in [6, 6.07) is 0. The Hall–Kier alpha value is -1.49. The van der Waals surface area contributed by atoms with Crippen LogP contribution in [0.5, 0.6) is 0 Å². The van der Waals surface area contributed by atoms with E-state index in [1.54, 1.807) is 7.11 Å². The molecule has 5 nitrogen and oxygen atoms in total. The number of amides is 1. The van der Waals surface area contributed by atoms with Crippen LogP contribution >= 0.6 is 0 Å². The summed E-state index contributed by atoms with van der Waals surface area (Å²) in [5, 5.41) is 0. The topological polar surface area (TPSA) is 55.3 Å². The first-order chi connectivity index (χ1) is 10.4. The highest BCUT2D eigenvalue weighted by Crippen LogP contribution is 2.25. The lowest BCUT2D eigenvalue weighted by atomic mass is 9.95. The lowest BCUT2D eigenvalue weighted by molar-refractivity contribution is -0.131. The molecule has 0 saturated carbocycles. The van der Waals surface area contributed by atoms with Gasteiger partial charge in [0.2, 0.25) is 5.91 Å². The average Bonchev–Trinajstić information content (AvgIpc) is 2.89. The van der Waals surface area contributed by atoms with Gasteiger partial charge in [-0.3, -0.25) is 4.79 Å². The number of hydrogen-bond donors (Lipinski definition) is 0. The Balaban J connectivity index is 1.87. The van der Waals surface area contributed by atoms with Gasteiger partial charge in [-0.05, 0) is 12.8 Å². The zero-order valence-electron chi connectivity index (χ0n) is 14.2. The van der Waals surface area contributed by atoms with E-state index >= 15 is 0 Å². The number of rotatable bonds is 6. The van der Waals surface area contributed by atoms with Crippen molar-refractivity contribution < 1.29 is 9.53 Å². The van der Waals surface area contributed by atoms with Crippen LogP contribution in [0.3, 0.4) is 0 Å². The summed E-state index contributed by atoms with van der Waals surface area (Å²) in [6.07, 6.45) is 5.47. The highest BCUT2D eigenvalue weighted by Gasteiger charge is 2.27. The first-order valence-corrected chi connectivity index (χ1v) is 8.04. The highest BCUT2D eigenvalue weighted by molar-refractivity contribution is 5.76. The van der Waals surface area contributed by atoms with Gasteiger partial charge < -0.3 is 9.64 Å². The molecule has 0 N–H and O–H groups in total. The normalized spacial score (nSPS) is 14.3. The van der Waals surface area contributed by atoms with Crippen LogP contribution in [-0.2, 0) is 28.0 Å². The predicted octanol–water partition coefficient (Wildman–Crippen LogP) is 2.82. The Labute approximate surface area is 133 Å². The maximum Gasteiger partial charge on any atom is 0.223 e. The van der Waals surface area contributed by atoms with Crippen molar-refractivity contribution >= 4 is 5.91 Å².